The summed E-state index contributed by atoms with van der Waals surface area (Å²) in [4.78, 5) is 3.87. The molecule has 2 rings (SSSR count). The van der Waals surface area contributed by atoms with E-state index < -0.39 is 10.0 Å². The molecule has 1 aliphatic rings. The Morgan fingerprint density at radius 3 is 2.68 bits per heavy atom. The van der Waals surface area contributed by atoms with Crippen molar-refractivity contribution in [2.75, 3.05) is 18.1 Å². The molecule has 0 atom stereocenters. The highest BCUT2D eigenvalue weighted by Crippen LogP contribution is 2.22. The van der Waals surface area contributed by atoms with E-state index in [1.54, 1.807) is 6.07 Å². The molecule has 1 saturated heterocycles. The van der Waals surface area contributed by atoms with Crippen molar-refractivity contribution in [3.05, 3.63) is 23.9 Å². The van der Waals surface area contributed by atoms with Crippen molar-refractivity contribution in [2.24, 2.45) is 5.92 Å². The van der Waals surface area contributed by atoms with Crippen molar-refractivity contribution in [2.45, 2.75) is 24.5 Å². The van der Waals surface area contributed by atoms with E-state index in [-0.39, 0.29) is 11.6 Å². The maximum absolute atomic E-state index is 12.0. The van der Waals surface area contributed by atoms with E-state index in [4.69, 9.17) is 5.11 Å². The predicted octanol–water partition coefficient (Wildman–Crippen LogP) is 0.995. The van der Waals surface area contributed by atoms with Crippen LogP contribution in [0.15, 0.2) is 23.4 Å². The van der Waals surface area contributed by atoms with Gasteiger partial charge in [0, 0.05) is 12.7 Å². The SMILES string of the molecule is O=S(=O)(NCC1CCSCC1)c1ccc(CO)cn1. The summed E-state index contributed by atoms with van der Waals surface area (Å²) < 4.78 is 26.7. The Hall–Kier alpha value is -0.630. The third-order valence-electron chi connectivity index (χ3n) is 3.16. The normalized spacial score (nSPS) is 17.5. The highest BCUT2D eigenvalue weighted by molar-refractivity contribution is 7.99. The Morgan fingerprint density at radius 2 is 2.11 bits per heavy atom. The molecule has 1 aliphatic heterocycles. The number of aliphatic hydroxyl groups is 1. The molecular weight excluding hydrogens is 284 g/mol. The first kappa shape index (κ1) is 14.8. The molecule has 5 nitrogen and oxygen atoms in total. The number of rotatable bonds is 5. The number of hydrogen-bond acceptors (Lipinski definition) is 5. The largest absolute Gasteiger partial charge is 0.392 e. The molecule has 2 N–H and O–H groups in total. The average Bonchev–Trinajstić information content (AvgIpc) is 2.46. The topological polar surface area (TPSA) is 79.3 Å². The highest BCUT2D eigenvalue weighted by atomic mass is 32.2. The Labute approximate surface area is 117 Å². The molecule has 106 valence electrons. The predicted molar refractivity (Wildman–Crippen MR) is 75.4 cm³/mol. The fourth-order valence-corrected chi connectivity index (χ4v) is 4.16. The third-order valence-corrected chi connectivity index (χ3v) is 5.55. The van der Waals surface area contributed by atoms with E-state index in [9.17, 15) is 8.42 Å². The Bertz CT molecular complexity index is 496. The van der Waals surface area contributed by atoms with Crippen LogP contribution >= 0.6 is 11.8 Å². The van der Waals surface area contributed by atoms with Crippen LogP contribution in [0.3, 0.4) is 0 Å². The summed E-state index contributed by atoms with van der Waals surface area (Å²) in [6.07, 6.45) is 3.50. The van der Waals surface area contributed by atoms with Gasteiger partial charge in [-0.05, 0) is 41.9 Å². The Balaban J connectivity index is 1.96. The minimum absolute atomic E-state index is 0.00915. The molecule has 1 fully saturated rings. The molecule has 19 heavy (non-hydrogen) atoms. The summed E-state index contributed by atoms with van der Waals surface area (Å²) in [5.41, 5.74) is 0.600. The van der Waals surface area contributed by atoms with Gasteiger partial charge >= 0.3 is 0 Å². The standard InChI is InChI=1S/C12H18N2O3S2/c15-9-11-1-2-12(13-7-11)19(16,17)14-8-10-3-5-18-6-4-10/h1-2,7,10,14-15H,3-6,8-9H2. The number of aromatic nitrogens is 1. The minimum atomic E-state index is -3.53. The monoisotopic (exact) mass is 302 g/mol. The first-order chi connectivity index (χ1) is 9.12. The van der Waals surface area contributed by atoms with Gasteiger partial charge in [0.1, 0.15) is 0 Å². The smallest absolute Gasteiger partial charge is 0.258 e. The van der Waals surface area contributed by atoms with Gasteiger partial charge in [-0.2, -0.15) is 11.8 Å². The molecule has 0 radical (unpaired) electrons. The van der Waals surface area contributed by atoms with Gasteiger partial charge in [-0.15, -0.1) is 0 Å². The molecule has 2 heterocycles. The van der Waals surface area contributed by atoms with Gasteiger partial charge in [0.25, 0.3) is 10.0 Å². The number of aliphatic hydroxyl groups excluding tert-OH is 1. The Morgan fingerprint density at radius 1 is 1.37 bits per heavy atom. The fourth-order valence-electron chi connectivity index (χ4n) is 1.92. The average molecular weight is 302 g/mol. The lowest BCUT2D eigenvalue weighted by atomic mass is 10.0. The number of thioether (sulfide) groups is 1. The molecule has 0 amide bonds. The lowest BCUT2D eigenvalue weighted by Crippen LogP contribution is -2.31. The summed E-state index contributed by atoms with van der Waals surface area (Å²) in [6.45, 7) is 0.340. The molecule has 0 bridgehead atoms. The highest BCUT2D eigenvalue weighted by Gasteiger charge is 2.19. The van der Waals surface area contributed by atoms with Crippen molar-refractivity contribution in [3.63, 3.8) is 0 Å². The molecule has 0 unspecified atom stereocenters. The van der Waals surface area contributed by atoms with Crippen LogP contribution in [-0.2, 0) is 16.6 Å². The number of nitrogens with zero attached hydrogens (tertiary/aromatic N) is 1. The van der Waals surface area contributed by atoms with Gasteiger partial charge in [-0.3, -0.25) is 0 Å². The van der Waals surface area contributed by atoms with Gasteiger partial charge in [0.2, 0.25) is 0 Å². The molecule has 1 aromatic heterocycles. The van der Waals surface area contributed by atoms with Crippen molar-refractivity contribution >= 4 is 21.8 Å². The molecular formula is C12H18N2O3S2. The molecule has 0 saturated carbocycles. The minimum Gasteiger partial charge on any atom is -0.392 e. The lowest BCUT2D eigenvalue weighted by Gasteiger charge is -2.21. The summed E-state index contributed by atoms with van der Waals surface area (Å²) in [5.74, 6) is 2.64. The first-order valence-corrected chi connectivity index (χ1v) is 8.89. The molecule has 7 heteroatoms. The first-order valence-electron chi connectivity index (χ1n) is 6.25. The van der Waals surface area contributed by atoms with Gasteiger partial charge in [-0.1, -0.05) is 6.07 Å². The summed E-state index contributed by atoms with van der Waals surface area (Å²) in [6, 6.07) is 2.99. The Kier molecular flexibility index (Phi) is 5.20. The zero-order valence-electron chi connectivity index (χ0n) is 10.6. The lowest BCUT2D eigenvalue weighted by molar-refractivity contribution is 0.281. The van der Waals surface area contributed by atoms with E-state index in [2.05, 4.69) is 9.71 Å². The fraction of sp³-hybridized carbons (Fsp3) is 0.583. The number of nitrogens with one attached hydrogen (secondary N) is 1. The van der Waals surface area contributed by atoms with Crippen molar-refractivity contribution in [1.29, 1.82) is 0 Å². The van der Waals surface area contributed by atoms with Gasteiger partial charge in [-0.25, -0.2) is 18.1 Å². The van der Waals surface area contributed by atoms with E-state index in [1.165, 1.54) is 12.3 Å². The van der Waals surface area contributed by atoms with E-state index in [1.807, 2.05) is 11.8 Å². The third kappa shape index (κ3) is 4.17. The van der Waals surface area contributed by atoms with Gasteiger partial charge in [0.05, 0.1) is 6.61 Å². The van der Waals surface area contributed by atoms with Crippen LogP contribution in [-0.4, -0.2) is 36.6 Å². The van der Waals surface area contributed by atoms with Crippen LogP contribution in [0.4, 0.5) is 0 Å². The quantitative estimate of drug-likeness (QED) is 0.848. The van der Waals surface area contributed by atoms with Crippen LogP contribution in [0, 0.1) is 5.92 Å². The number of hydrogen-bond donors (Lipinski definition) is 2. The molecule has 0 spiro atoms. The van der Waals surface area contributed by atoms with Gasteiger partial charge < -0.3 is 5.11 Å². The maximum Gasteiger partial charge on any atom is 0.258 e. The van der Waals surface area contributed by atoms with Crippen LogP contribution < -0.4 is 4.72 Å². The molecule has 0 aliphatic carbocycles. The van der Waals surface area contributed by atoms with E-state index in [0.717, 1.165) is 24.3 Å². The van der Waals surface area contributed by atoms with E-state index >= 15 is 0 Å². The molecule has 1 aromatic rings. The van der Waals surface area contributed by atoms with Crippen molar-refractivity contribution in [1.82, 2.24) is 9.71 Å². The zero-order chi connectivity index (χ0) is 13.7. The van der Waals surface area contributed by atoms with Crippen LogP contribution in [0.2, 0.25) is 0 Å². The van der Waals surface area contributed by atoms with Crippen LogP contribution in [0.5, 0.6) is 0 Å². The zero-order valence-corrected chi connectivity index (χ0v) is 12.2. The molecule has 0 aromatic carbocycles. The van der Waals surface area contributed by atoms with Crippen LogP contribution in [0.25, 0.3) is 0 Å². The number of sulfonamides is 1. The number of pyridine rings is 1. The summed E-state index contributed by atoms with van der Waals surface area (Å²) in [5, 5.41) is 8.91. The van der Waals surface area contributed by atoms with Crippen LogP contribution in [0.1, 0.15) is 18.4 Å². The second kappa shape index (κ2) is 6.69. The van der Waals surface area contributed by atoms with Gasteiger partial charge in [0.15, 0.2) is 5.03 Å². The summed E-state index contributed by atoms with van der Waals surface area (Å²) >= 11 is 1.92. The van der Waals surface area contributed by atoms with Crippen molar-refractivity contribution < 1.29 is 13.5 Å². The van der Waals surface area contributed by atoms with Crippen molar-refractivity contribution in [3.8, 4) is 0 Å². The second-order valence-corrected chi connectivity index (χ2v) is 7.51. The second-order valence-electron chi connectivity index (χ2n) is 4.57. The summed E-state index contributed by atoms with van der Waals surface area (Å²) in [7, 11) is -3.53. The maximum atomic E-state index is 12.0. The van der Waals surface area contributed by atoms with E-state index in [0.29, 0.717) is 18.0 Å².